The number of aromatic amines is 1. The number of rotatable bonds is 23. The van der Waals surface area contributed by atoms with Crippen molar-refractivity contribution in [1.82, 2.24) is 9.88 Å². The molecule has 2 saturated heterocycles. The van der Waals surface area contributed by atoms with E-state index in [0.29, 0.717) is 13.0 Å². The first-order valence-corrected chi connectivity index (χ1v) is 28.3. The first-order valence-electron chi connectivity index (χ1n) is 28.3. The van der Waals surface area contributed by atoms with E-state index < -0.39 is 177 Å². The number of hydrogen-bond acceptors (Lipinski definition) is 27. The van der Waals surface area contributed by atoms with Crippen molar-refractivity contribution in [2.24, 2.45) is 23.7 Å². The normalized spacial score (nSPS) is 30.1. The fourth-order valence-electron chi connectivity index (χ4n) is 11.8. The minimum atomic E-state index is -1.69. The number of nitrogens with zero attached hydrogens (tertiary/aromatic N) is 1. The molecule has 2 aromatic rings. The molecule has 17 atom stereocenters. The standard InChI is InChI=1S/C60H74N2O26/c1-13-36-38(42(55(71)73-11)24-77-57(36)87-59-53(83-34(9)69)51(81-32(7)67)49(79-30(5)65)46(85-59)26-75-28(3)63)19-21-62-22-20-40-39-17-15-16-18-44(39)61-48(40)45(62)23-41-37(14-2)58(78-25-43(41)56(72)74-12)88-60-54(84-35(10)70)52(82-33(8)68)50(80-31(6)66)47(86-60)27-76-29(4)64/h13-18,24-25,36-38,41,45-47,49-54,57-61H,1-2,19-23,26-27H2,3-12H3/t36-,37-,38+,41+,45+,46+,47+,49+,50+,51-,52-,53+,54+,57+,58+,59-,60-/m1/s1. The van der Waals surface area contributed by atoms with Gasteiger partial charge >= 0.3 is 59.7 Å². The number of carbonyl (C=O) groups is 10. The number of hydrogen-bond donors (Lipinski definition) is 1. The van der Waals surface area contributed by atoms with Gasteiger partial charge < -0.3 is 80.8 Å². The van der Waals surface area contributed by atoms with Crippen LogP contribution in [-0.4, -0.2) is 184 Å². The maximum atomic E-state index is 14.0. The van der Waals surface area contributed by atoms with Crippen LogP contribution in [-0.2, 0) is 130 Å². The minimum absolute atomic E-state index is 0.0752. The van der Waals surface area contributed by atoms with Gasteiger partial charge in [-0.25, -0.2) is 9.59 Å². The van der Waals surface area contributed by atoms with Crippen LogP contribution in [0.1, 0.15) is 85.5 Å². The lowest BCUT2D eigenvalue weighted by molar-refractivity contribution is -0.342. The SMILES string of the molecule is C=C[C@H]1[C@H](O[C@H]2O[C@@H](COC(C)=O)[C@H](OC(C)=O)[C@@H](OC(C)=O)[C@@H]2OC(C)=O)OC=C(C(=O)OC)[C@H]1CCN1CCc2c([nH]c3ccccc23)[C@@H]1C[C@@H]1C(C(=O)OC)=CO[C@@H](O[C@H]2O[C@@H](COC(C)=O)[C@H](OC(C)=O)[C@@H](OC(C)=O)[C@@H]2OC(C)=O)[C@@H]1C=C. The van der Waals surface area contributed by atoms with Crippen LogP contribution < -0.4 is 0 Å². The molecule has 0 amide bonds. The van der Waals surface area contributed by atoms with Gasteiger partial charge in [0, 0.05) is 102 Å². The third kappa shape index (κ3) is 16.1. The van der Waals surface area contributed by atoms with Gasteiger partial charge in [-0.3, -0.25) is 43.3 Å². The average Bonchev–Trinajstić information content (AvgIpc) is 1.54. The Labute approximate surface area is 506 Å². The molecular weight excluding hydrogens is 1160 g/mol. The van der Waals surface area contributed by atoms with E-state index in [4.69, 9.17) is 75.8 Å². The number of carbonyl (C=O) groups excluding carboxylic acids is 10. The largest absolute Gasteiger partial charge is 0.471 e. The molecule has 1 aromatic heterocycles. The van der Waals surface area contributed by atoms with E-state index in [2.05, 4.69) is 23.0 Å². The summed E-state index contributed by atoms with van der Waals surface area (Å²) in [4.78, 5) is 134. The zero-order chi connectivity index (χ0) is 64.3. The lowest BCUT2D eigenvalue weighted by Crippen LogP contribution is -2.63. The predicted octanol–water partition coefficient (Wildman–Crippen LogP) is 3.71. The summed E-state index contributed by atoms with van der Waals surface area (Å²) in [5, 5.41) is 0.956. The van der Waals surface area contributed by atoms with Crippen molar-refractivity contribution in [2.75, 3.05) is 40.5 Å². The first-order chi connectivity index (χ1) is 41.9. The topological polar surface area (TPSA) is 337 Å². The number of benzene rings is 1. The number of nitrogens with one attached hydrogen (secondary N) is 1. The second-order valence-corrected chi connectivity index (χ2v) is 21.3. The van der Waals surface area contributed by atoms with Gasteiger partial charge in [-0.15, -0.1) is 13.2 Å². The van der Waals surface area contributed by atoms with Crippen LogP contribution in [0.15, 0.2) is 73.2 Å². The molecule has 28 nitrogen and oxygen atoms in total. The molecule has 0 spiro atoms. The molecule has 480 valence electrons. The number of para-hydroxylation sites is 1. The smallest absolute Gasteiger partial charge is 0.337 e. The summed E-state index contributed by atoms with van der Waals surface area (Å²) in [5.74, 6) is -11.7. The maximum absolute atomic E-state index is 14.0. The van der Waals surface area contributed by atoms with Crippen LogP contribution in [0.2, 0.25) is 0 Å². The van der Waals surface area contributed by atoms with Crippen molar-refractivity contribution < 1.29 is 124 Å². The summed E-state index contributed by atoms with van der Waals surface area (Å²) >= 11 is 0. The van der Waals surface area contributed by atoms with Crippen molar-refractivity contribution in [2.45, 2.75) is 155 Å². The van der Waals surface area contributed by atoms with Crippen LogP contribution in [0.25, 0.3) is 10.9 Å². The molecule has 0 unspecified atom stereocenters. The van der Waals surface area contributed by atoms with Gasteiger partial charge in [0.1, 0.15) is 25.4 Å². The molecule has 7 rings (SSSR count). The number of methoxy groups -OCH3 is 2. The highest BCUT2D eigenvalue weighted by atomic mass is 16.8. The van der Waals surface area contributed by atoms with Gasteiger partial charge in [-0.1, -0.05) is 30.4 Å². The van der Waals surface area contributed by atoms with Crippen LogP contribution in [0.3, 0.4) is 0 Å². The van der Waals surface area contributed by atoms with Gasteiger partial charge in [-0.2, -0.15) is 0 Å². The van der Waals surface area contributed by atoms with Crippen LogP contribution in [0, 0.1) is 23.7 Å². The van der Waals surface area contributed by atoms with Gasteiger partial charge in [0.15, 0.2) is 36.6 Å². The summed E-state index contributed by atoms with van der Waals surface area (Å²) in [6.45, 7) is 16.6. The molecular formula is C60H74N2O26. The highest BCUT2D eigenvalue weighted by Crippen LogP contribution is 2.46. The highest BCUT2D eigenvalue weighted by molar-refractivity contribution is 5.90. The summed E-state index contributed by atoms with van der Waals surface area (Å²) in [6.07, 6.45) is -12.1. The van der Waals surface area contributed by atoms with Crippen molar-refractivity contribution in [3.63, 3.8) is 0 Å². The summed E-state index contributed by atoms with van der Waals surface area (Å²) < 4.78 is 92.7. The van der Waals surface area contributed by atoms with Gasteiger partial charge in [0.2, 0.25) is 25.2 Å². The number of fused-ring (bicyclic) bond motifs is 3. The predicted molar refractivity (Wildman–Crippen MR) is 296 cm³/mol. The van der Waals surface area contributed by atoms with Crippen LogP contribution >= 0.6 is 0 Å². The Morgan fingerprint density at radius 3 is 1.41 bits per heavy atom. The van der Waals surface area contributed by atoms with Gasteiger partial charge in [0.25, 0.3) is 0 Å². The Balaban J connectivity index is 1.25. The Morgan fingerprint density at radius 1 is 0.557 bits per heavy atom. The Morgan fingerprint density at radius 2 is 0.977 bits per heavy atom. The molecule has 88 heavy (non-hydrogen) atoms. The van der Waals surface area contributed by atoms with Crippen LogP contribution in [0.5, 0.6) is 0 Å². The summed E-state index contributed by atoms with van der Waals surface area (Å²) in [5.41, 5.74) is 2.78. The van der Waals surface area contributed by atoms with E-state index in [9.17, 15) is 47.9 Å². The quantitative estimate of drug-likeness (QED) is 0.0941. The fraction of sp³-hybridized carbons (Fsp3) is 0.567. The average molecular weight is 1240 g/mol. The van der Waals surface area contributed by atoms with Gasteiger partial charge in [0.05, 0.1) is 43.9 Å². The maximum Gasteiger partial charge on any atom is 0.337 e. The van der Waals surface area contributed by atoms with E-state index in [1.165, 1.54) is 38.9 Å². The van der Waals surface area contributed by atoms with E-state index in [1.807, 2.05) is 24.3 Å². The minimum Gasteiger partial charge on any atom is -0.471 e. The summed E-state index contributed by atoms with van der Waals surface area (Å²) in [7, 11) is 2.40. The second-order valence-electron chi connectivity index (χ2n) is 21.3. The molecule has 1 N–H and O–H groups in total. The van der Waals surface area contributed by atoms with Crippen molar-refractivity contribution >= 4 is 70.6 Å². The molecule has 5 aliphatic heterocycles. The van der Waals surface area contributed by atoms with E-state index >= 15 is 0 Å². The molecule has 0 aliphatic carbocycles. The number of ether oxygens (including phenoxy) is 16. The van der Waals surface area contributed by atoms with Crippen molar-refractivity contribution in [3.8, 4) is 0 Å². The van der Waals surface area contributed by atoms with E-state index in [1.54, 1.807) is 0 Å². The molecule has 28 heteroatoms. The molecule has 6 heterocycles. The first kappa shape index (κ1) is 67.3. The highest BCUT2D eigenvalue weighted by Gasteiger charge is 2.57. The van der Waals surface area contributed by atoms with E-state index in [-0.39, 0.29) is 30.5 Å². The Kier molecular flexibility index (Phi) is 23.1. The molecule has 2 fully saturated rings. The number of H-pyrrole nitrogens is 1. The van der Waals surface area contributed by atoms with E-state index in [0.717, 1.165) is 77.6 Å². The Hall–Kier alpha value is -8.18. The molecule has 0 radical (unpaired) electrons. The number of aromatic nitrogens is 1. The second kappa shape index (κ2) is 30.2. The molecule has 5 aliphatic rings. The zero-order valence-corrected chi connectivity index (χ0v) is 50.4. The summed E-state index contributed by atoms with van der Waals surface area (Å²) in [6, 6.07) is 7.14. The monoisotopic (exact) mass is 1240 g/mol. The van der Waals surface area contributed by atoms with Gasteiger partial charge in [-0.05, 0) is 37.4 Å². The lowest BCUT2D eigenvalue weighted by atomic mass is 9.77. The molecule has 0 saturated carbocycles. The molecule has 0 bridgehead atoms. The van der Waals surface area contributed by atoms with Crippen molar-refractivity contribution in [1.29, 1.82) is 0 Å². The fourth-order valence-corrected chi connectivity index (χ4v) is 11.8. The number of esters is 10. The third-order valence-corrected chi connectivity index (χ3v) is 15.3. The Bertz CT molecular complexity index is 3020. The molecule has 1 aromatic carbocycles. The third-order valence-electron chi connectivity index (χ3n) is 15.3. The lowest BCUT2D eigenvalue weighted by Gasteiger charge is -2.46. The van der Waals surface area contributed by atoms with Crippen LogP contribution in [0.4, 0.5) is 0 Å². The zero-order valence-electron chi connectivity index (χ0n) is 50.4. The van der Waals surface area contributed by atoms with Crippen molar-refractivity contribution in [3.05, 3.63) is 84.5 Å².